The fourth-order valence-electron chi connectivity index (χ4n) is 4.41. The molecule has 0 radical (unpaired) electrons. The third-order valence-corrected chi connectivity index (χ3v) is 6.55. The summed E-state index contributed by atoms with van der Waals surface area (Å²) in [5.74, 6) is 0.534. The van der Waals surface area contributed by atoms with E-state index in [9.17, 15) is 14.0 Å². The van der Waals surface area contributed by atoms with Crippen molar-refractivity contribution < 1.29 is 19.4 Å². The van der Waals surface area contributed by atoms with Crippen molar-refractivity contribution in [3.63, 3.8) is 0 Å². The molecule has 0 aliphatic carbocycles. The first-order valence-electron chi connectivity index (χ1n) is 12.2. The number of nitrogens with zero attached hydrogens (tertiary/aromatic N) is 4. The molecule has 1 aromatic carbocycles. The van der Waals surface area contributed by atoms with Crippen molar-refractivity contribution in [2.45, 2.75) is 44.4 Å². The Morgan fingerprint density at radius 3 is 2.56 bits per heavy atom. The summed E-state index contributed by atoms with van der Waals surface area (Å²) >= 11 is 0. The monoisotopic (exact) mass is 496 g/mol. The molecule has 192 valence electrons. The lowest BCUT2D eigenvalue weighted by Crippen LogP contribution is -2.92. The molecule has 2 aromatic rings. The van der Waals surface area contributed by atoms with Gasteiger partial charge in [0.05, 0.1) is 18.3 Å². The number of amides is 2. The second kappa shape index (κ2) is 11.0. The minimum Gasteiger partial charge on any atom is -0.342 e. The summed E-state index contributed by atoms with van der Waals surface area (Å²) in [5.41, 5.74) is 7.44. The van der Waals surface area contributed by atoms with Crippen molar-refractivity contribution in [2.24, 2.45) is 0 Å². The lowest BCUT2D eigenvalue weighted by Gasteiger charge is -2.27. The number of hydrogen-bond donors (Lipinski definition) is 3. The van der Waals surface area contributed by atoms with Crippen LogP contribution in [0, 0.1) is 0 Å². The highest BCUT2D eigenvalue weighted by atomic mass is 19.1. The Kier molecular flexibility index (Phi) is 7.85. The number of pyridine rings is 1. The van der Waals surface area contributed by atoms with E-state index in [0.717, 1.165) is 16.9 Å². The highest BCUT2D eigenvalue weighted by molar-refractivity contribution is 5.89. The van der Waals surface area contributed by atoms with Crippen molar-refractivity contribution in [2.75, 3.05) is 27.2 Å². The van der Waals surface area contributed by atoms with Gasteiger partial charge in [-0.3, -0.25) is 19.6 Å². The molecule has 2 aliphatic rings. The van der Waals surface area contributed by atoms with Crippen molar-refractivity contribution >= 4 is 11.8 Å². The smallest absolute Gasteiger partial charge is 0.244 e. The molecule has 3 atom stereocenters. The van der Waals surface area contributed by atoms with Gasteiger partial charge in [-0.05, 0) is 23.1 Å². The Morgan fingerprint density at radius 1 is 1.19 bits per heavy atom. The van der Waals surface area contributed by atoms with Gasteiger partial charge in [-0.25, -0.2) is 9.82 Å². The lowest BCUT2D eigenvalue weighted by atomic mass is 10.00. The molecule has 0 saturated carbocycles. The quantitative estimate of drug-likeness (QED) is 0.472. The third kappa shape index (κ3) is 5.83. The molecule has 1 fully saturated rings. The number of carbonyl (C=O) groups is 2. The predicted molar refractivity (Wildman–Crippen MR) is 133 cm³/mol. The maximum atomic E-state index is 14.5. The molecule has 36 heavy (non-hydrogen) atoms. The summed E-state index contributed by atoms with van der Waals surface area (Å²) in [7, 11) is 3.80. The van der Waals surface area contributed by atoms with E-state index in [-0.39, 0.29) is 25.4 Å². The largest absolute Gasteiger partial charge is 0.342 e. The first-order valence-corrected chi connectivity index (χ1v) is 12.2. The molecule has 1 aromatic heterocycles. The zero-order chi connectivity index (χ0) is 25.8. The van der Waals surface area contributed by atoms with Crippen LogP contribution < -0.4 is 16.3 Å². The van der Waals surface area contributed by atoms with Crippen LogP contribution in [0.1, 0.15) is 49.0 Å². The average Bonchev–Trinajstić information content (AvgIpc) is 3.50. The zero-order valence-electron chi connectivity index (χ0n) is 21.2. The van der Waals surface area contributed by atoms with Crippen LogP contribution in [-0.2, 0) is 9.59 Å². The maximum absolute atomic E-state index is 14.5. The molecule has 2 amide bonds. The highest BCUT2D eigenvalue weighted by Crippen LogP contribution is 2.26. The molecule has 4 rings (SSSR count). The number of nitrogens with one attached hydrogen (secondary N) is 2. The van der Waals surface area contributed by atoms with Crippen LogP contribution in [0.3, 0.4) is 0 Å². The highest BCUT2D eigenvalue weighted by Gasteiger charge is 2.41. The van der Waals surface area contributed by atoms with E-state index in [1.807, 2.05) is 67.7 Å². The summed E-state index contributed by atoms with van der Waals surface area (Å²) in [6, 6.07) is 12.0. The summed E-state index contributed by atoms with van der Waals surface area (Å²) in [5, 5.41) is 4.68. The van der Waals surface area contributed by atoms with Gasteiger partial charge in [-0.2, -0.15) is 0 Å². The topological polar surface area (TPSA) is 97.4 Å². The number of likely N-dealkylation sites (tertiary alicyclic amines) is 1. The third-order valence-electron chi connectivity index (χ3n) is 6.55. The van der Waals surface area contributed by atoms with Gasteiger partial charge in [0.1, 0.15) is 25.0 Å². The van der Waals surface area contributed by atoms with E-state index in [2.05, 4.69) is 29.7 Å². The van der Waals surface area contributed by atoms with Crippen molar-refractivity contribution in [1.29, 1.82) is 0 Å². The minimum absolute atomic E-state index is 0.00925. The molecule has 1 saturated heterocycles. The molecule has 9 nitrogen and oxygen atoms in total. The normalized spacial score (nSPS) is 20.4. The van der Waals surface area contributed by atoms with Gasteiger partial charge in [0.2, 0.25) is 17.6 Å². The van der Waals surface area contributed by atoms with Crippen molar-refractivity contribution in [3.05, 3.63) is 77.5 Å². The fourth-order valence-corrected chi connectivity index (χ4v) is 4.41. The number of nitrogens with two attached hydrogens (primary N) is 1. The Hall–Kier alpha value is -3.50. The SMILES string of the molecule is CC(C)c1ccc([C@@H](NC(=O)[C@@H]2C[C@@H](F)CN2C(=O)CN2C=C(N(C)C)[NH2+]N2)c2ccccc2)nc1. The molecule has 0 bridgehead atoms. The van der Waals surface area contributed by atoms with Gasteiger partial charge in [0.25, 0.3) is 0 Å². The second-order valence-electron chi connectivity index (χ2n) is 9.77. The summed E-state index contributed by atoms with van der Waals surface area (Å²) in [6.07, 6.45) is 2.33. The van der Waals surface area contributed by atoms with Gasteiger partial charge < -0.3 is 15.1 Å². The Balaban J connectivity index is 1.51. The lowest BCUT2D eigenvalue weighted by molar-refractivity contribution is -0.686. The summed E-state index contributed by atoms with van der Waals surface area (Å²) in [4.78, 5) is 34.4. The van der Waals surface area contributed by atoms with Gasteiger partial charge in [0, 0.05) is 26.7 Å². The maximum Gasteiger partial charge on any atom is 0.244 e. The summed E-state index contributed by atoms with van der Waals surface area (Å²) in [6.45, 7) is 4.08. The Labute approximate surface area is 211 Å². The van der Waals surface area contributed by atoms with Crippen LogP contribution in [0.5, 0.6) is 0 Å². The standard InChI is InChI=1S/C26H34FN7O2/c1-17(2)19-10-11-21(28-13-19)25(18-8-6-5-7-9-18)29-26(36)22-12-20(27)14-34(22)24(35)16-33-15-23(30-31-33)32(3)4/h5-11,13,15,17,20,22,25,30-31H,12,14,16H2,1-4H3,(H,29,36)/p+1/t20-,22+,25+/m1/s1. The van der Waals surface area contributed by atoms with Gasteiger partial charge >= 0.3 is 0 Å². The minimum atomic E-state index is -1.26. The number of halogens is 1. The van der Waals surface area contributed by atoms with Crippen LogP contribution in [0.4, 0.5) is 4.39 Å². The number of alkyl halides is 1. The molecule has 10 heteroatoms. The fraction of sp³-hybridized carbons (Fsp3) is 0.423. The van der Waals surface area contributed by atoms with E-state index in [1.54, 1.807) is 16.6 Å². The Bertz CT molecular complexity index is 1090. The van der Waals surface area contributed by atoms with Crippen LogP contribution in [0.2, 0.25) is 0 Å². The number of carbonyl (C=O) groups excluding carboxylic acids is 2. The van der Waals surface area contributed by atoms with E-state index in [0.29, 0.717) is 11.6 Å². The number of hydrogen-bond acceptors (Lipinski definition) is 6. The van der Waals surface area contributed by atoms with Crippen LogP contribution >= 0.6 is 0 Å². The number of quaternary nitrogens is 1. The Morgan fingerprint density at radius 2 is 1.94 bits per heavy atom. The average molecular weight is 497 g/mol. The van der Waals surface area contributed by atoms with Crippen molar-refractivity contribution in [3.8, 4) is 0 Å². The number of hydrazine groups is 1. The van der Waals surface area contributed by atoms with E-state index < -0.39 is 24.2 Å². The van der Waals surface area contributed by atoms with E-state index >= 15 is 0 Å². The number of aromatic nitrogens is 1. The molecule has 3 heterocycles. The molecular formula is C26H35FN7O2+. The first-order chi connectivity index (χ1) is 17.2. The number of rotatable bonds is 8. The molecule has 0 unspecified atom stereocenters. The molecular weight excluding hydrogens is 461 g/mol. The van der Waals surface area contributed by atoms with E-state index in [1.165, 1.54) is 4.90 Å². The second-order valence-corrected chi connectivity index (χ2v) is 9.77. The predicted octanol–water partition coefficient (Wildman–Crippen LogP) is 1.01. The zero-order valence-corrected chi connectivity index (χ0v) is 21.2. The molecule has 0 spiro atoms. The van der Waals surface area contributed by atoms with Crippen LogP contribution in [0.25, 0.3) is 0 Å². The van der Waals surface area contributed by atoms with Gasteiger partial charge in [0.15, 0.2) is 0 Å². The first kappa shape index (κ1) is 25.6. The van der Waals surface area contributed by atoms with Crippen LogP contribution in [0.15, 0.2) is 60.7 Å². The van der Waals surface area contributed by atoms with Crippen molar-refractivity contribution in [1.82, 2.24) is 30.6 Å². The summed E-state index contributed by atoms with van der Waals surface area (Å²) < 4.78 is 14.5. The molecule has 4 N–H and O–H groups in total. The molecule has 2 aliphatic heterocycles. The van der Waals surface area contributed by atoms with Gasteiger partial charge in [-0.15, -0.1) is 0 Å². The van der Waals surface area contributed by atoms with E-state index in [4.69, 9.17) is 0 Å². The van der Waals surface area contributed by atoms with Gasteiger partial charge in [-0.1, -0.05) is 55.8 Å². The van der Waals surface area contributed by atoms with Crippen LogP contribution in [-0.4, -0.2) is 71.0 Å². The number of benzene rings is 1.